The van der Waals surface area contributed by atoms with Crippen LogP contribution in [0.2, 0.25) is 0 Å². The highest BCUT2D eigenvalue weighted by Gasteiger charge is 2.32. The number of hydrazone groups is 1. The van der Waals surface area contributed by atoms with Crippen LogP contribution in [0.15, 0.2) is 64.9 Å². The van der Waals surface area contributed by atoms with E-state index in [1.807, 2.05) is 30.5 Å². The van der Waals surface area contributed by atoms with Crippen molar-refractivity contribution in [1.82, 2.24) is 20.6 Å². The number of hydrogen-bond donors (Lipinski definition) is 4. The highest BCUT2D eigenvalue weighted by molar-refractivity contribution is 5.95. The monoisotopic (exact) mass is 603 g/mol. The number of carbonyl (C=O) groups is 4. The average molecular weight is 604 g/mol. The zero-order valence-corrected chi connectivity index (χ0v) is 24.9. The van der Waals surface area contributed by atoms with Crippen molar-refractivity contribution in [3.8, 4) is 17.2 Å². The molecule has 1 aliphatic rings. The highest BCUT2D eigenvalue weighted by Crippen LogP contribution is 2.34. The van der Waals surface area contributed by atoms with Gasteiger partial charge in [-0.2, -0.15) is 5.10 Å². The molecule has 1 atom stereocenters. The van der Waals surface area contributed by atoms with Crippen LogP contribution in [0, 0.1) is 13.8 Å². The fourth-order valence-electron chi connectivity index (χ4n) is 4.85. The molecule has 1 aliphatic heterocycles. The summed E-state index contributed by atoms with van der Waals surface area (Å²) in [5.41, 5.74) is 6.89. The Morgan fingerprint density at radius 3 is 2.57 bits per heavy atom. The van der Waals surface area contributed by atoms with Gasteiger partial charge in [-0.25, -0.2) is 19.8 Å². The number of allylic oxidation sites excluding steroid dienone is 1. The van der Waals surface area contributed by atoms with Crippen LogP contribution in [0.4, 0.5) is 4.79 Å². The number of nitrogens with zero attached hydrogens (tertiary/aromatic N) is 2. The largest absolute Gasteiger partial charge is 0.493 e. The minimum atomic E-state index is -1.01. The average Bonchev–Trinajstić information content (AvgIpc) is 3.27. The van der Waals surface area contributed by atoms with E-state index in [0.29, 0.717) is 16.9 Å². The first-order valence-corrected chi connectivity index (χ1v) is 13.6. The van der Waals surface area contributed by atoms with Crippen LogP contribution in [0.3, 0.4) is 0 Å². The van der Waals surface area contributed by atoms with Crippen molar-refractivity contribution in [3.63, 3.8) is 0 Å². The van der Waals surface area contributed by atoms with Crippen LogP contribution in [0.5, 0.6) is 11.5 Å². The minimum absolute atomic E-state index is 0.174. The third kappa shape index (κ3) is 6.89. The molecule has 0 saturated heterocycles. The number of ether oxygens (including phenoxy) is 3. The number of esters is 1. The maximum Gasteiger partial charge on any atom is 0.338 e. The molecule has 0 unspecified atom stereocenters. The van der Waals surface area contributed by atoms with Gasteiger partial charge < -0.3 is 34.5 Å². The molecule has 0 radical (unpaired) electrons. The van der Waals surface area contributed by atoms with Gasteiger partial charge in [-0.1, -0.05) is 12.1 Å². The molecular formula is C31H33N5O8. The van der Waals surface area contributed by atoms with Gasteiger partial charge in [-0.3, -0.25) is 4.79 Å². The number of hydrogen-bond acceptors (Lipinski definition) is 8. The minimum Gasteiger partial charge on any atom is -0.493 e. The number of amides is 3. The molecule has 13 heteroatoms. The molecule has 3 aromatic rings. The van der Waals surface area contributed by atoms with E-state index in [2.05, 4.69) is 21.2 Å². The van der Waals surface area contributed by atoms with Crippen LogP contribution in [0.1, 0.15) is 52.8 Å². The van der Waals surface area contributed by atoms with Crippen molar-refractivity contribution < 1.29 is 38.5 Å². The molecule has 0 fully saturated rings. The van der Waals surface area contributed by atoms with Crippen molar-refractivity contribution in [2.24, 2.45) is 5.10 Å². The number of aromatic nitrogens is 1. The van der Waals surface area contributed by atoms with E-state index in [0.717, 1.165) is 17.0 Å². The summed E-state index contributed by atoms with van der Waals surface area (Å²) >= 11 is 0. The van der Waals surface area contributed by atoms with Gasteiger partial charge in [0.25, 0.3) is 5.91 Å². The molecule has 4 rings (SSSR count). The lowest BCUT2D eigenvalue weighted by Gasteiger charge is -2.28. The third-order valence-corrected chi connectivity index (χ3v) is 6.86. The number of carboxylic acid groups (broad SMARTS) is 1. The molecule has 2 aromatic carbocycles. The van der Waals surface area contributed by atoms with Crippen LogP contribution in [-0.4, -0.2) is 60.1 Å². The molecule has 2 heterocycles. The Bertz CT molecular complexity index is 1670. The second kappa shape index (κ2) is 13.6. The van der Waals surface area contributed by atoms with Gasteiger partial charge in [0.05, 0.1) is 37.1 Å². The van der Waals surface area contributed by atoms with Crippen molar-refractivity contribution >= 4 is 30.1 Å². The number of benzene rings is 2. The normalized spacial score (nSPS) is 14.6. The zero-order chi connectivity index (χ0) is 32.0. The number of methoxy groups -OCH3 is 1. The Hall–Kier alpha value is -5.59. The summed E-state index contributed by atoms with van der Waals surface area (Å²) in [5, 5.41) is 18.7. The van der Waals surface area contributed by atoms with Gasteiger partial charge in [-0.15, -0.1) is 0 Å². The first-order valence-electron chi connectivity index (χ1n) is 13.6. The summed E-state index contributed by atoms with van der Waals surface area (Å²) in [6.07, 6.45) is 1.50. The summed E-state index contributed by atoms with van der Waals surface area (Å²) in [6, 6.07) is 12.1. The molecule has 3 amide bonds. The summed E-state index contributed by atoms with van der Waals surface area (Å²) in [7, 11) is 1.43. The molecule has 0 aliphatic carbocycles. The Kier molecular flexibility index (Phi) is 9.68. The molecule has 44 heavy (non-hydrogen) atoms. The van der Waals surface area contributed by atoms with E-state index in [1.54, 1.807) is 44.2 Å². The summed E-state index contributed by atoms with van der Waals surface area (Å²) in [6.45, 7) is 6.87. The lowest BCUT2D eigenvalue weighted by atomic mass is 9.95. The van der Waals surface area contributed by atoms with Crippen LogP contribution in [0.25, 0.3) is 5.69 Å². The van der Waals surface area contributed by atoms with E-state index in [4.69, 9.17) is 14.2 Å². The van der Waals surface area contributed by atoms with E-state index < -0.39 is 29.9 Å². The van der Waals surface area contributed by atoms with E-state index in [9.17, 15) is 24.3 Å². The number of aromatic carboxylic acids is 1. The zero-order valence-electron chi connectivity index (χ0n) is 24.9. The lowest BCUT2D eigenvalue weighted by molar-refractivity contribution is -0.139. The van der Waals surface area contributed by atoms with Crippen molar-refractivity contribution in [1.29, 1.82) is 0 Å². The standard InChI is InChI=1S/C31H33N5O8/c1-6-43-30(40)27-18(3)33-31(41)34-28(27)20-10-11-24(25(14-20)42-5)44-16-26(37)35-32-15-22-12-17(2)36(19(22)4)23-9-7-8-21(13-23)29(38)39/h7-15,28H,6,16H2,1-5H3,(H,35,37)(H,38,39)(H2,33,34,41)/b32-15-/t28-/m1/s1. The Morgan fingerprint density at radius 2 is 1.86 bits per heavy atom. The Balaban J connectivity index is 1.42. The lowest BCUT2D eigenvalue weighted by Crippen LogP contribution is -2.45. The molecule has 0 bridgehead atoms. The van der Waals surface area contributed by atoms with Gasteiger partial charge in [-0.05, 0) is 69.7 Å². The first kappa shape index (κ1) is 31.3. The molecular weight excluding hydrogens is 570 g/mol. The molecule has 0 saturated carbocycles. The van der Waals surface area contributed by atoms with Gasteiger partial charge in [0.2, 0.25) is 0 Å². The number of nitrogens with one attached hydrogen (secondary N) is 3. The topological polar surface area (TPSA) is 170 Å². The number of aryl methyl sites for hydroxylation is 1. The predicted molar refractivity (Wildman–Crippen MR) is 160 cm³/mol. The van der Waals surface area contributed by atoms with Crippen LogP contribution >= 0.6 is 0 Å². The van der Waals surface area contributed by atoms with E-state index in [-0.39, 0.29) is 35.8 Å². The van der Waals surface area contributed by atoms with Crippen LogP contribution in [-0.2, 0) is 14.3 Å². The molecule has 0 spiro atoms. The quantitative estimate of drug-likeness (QED) is 0.147. The van der Waals surface area contributed by atoms with Crippen molar-refractivity contribution in [2.75, 3.05) is 20.3 Å². The number of carbonyl (C=O) groups excluding carboxylic acids is 3. The van der Waals surface area contributed by atoms with Gasteiger partial charge in [0, 0.05) is 28.3 Å². The summed E-state index contributed by atoms with van der Waals surface area (Å²) < 4.78 is 18.2. The first-order chi connectivity index (χ1) is 21.0. The number of rotatable bonds is 11. The molecule has 13 nitrogen and oxygen atoms in total. The highest BCUT2D eigenvalue weighted by atomic mass is 16.5. The van der Waals surface area contributed by atoms with Gasteiger partial charge >= 0.3 is 18.0 Å². The summed E-state index contributed by atoms with van der Waals surface area (Å²) in [4.78, 5) is 48.6. The number of urea groups is 1. The van der Waals surface area contributed by atoms with Crippen LogP contribution < -0.4 is 25.5 Å². The fraction of sp³-hybridized carbons (Fsp3) is 0.258. The Labute approximate surface area is 253 Å². The second-order valence-corrected chi connectivity index (χ2v) is 9.80. The Morgan fingerprint density at radius 1 is 1.09 bits per heavy atom. The van der Waals surface area contributed by atoms with E-state index in [1.165, 1.54) is 19.4 Å². The maximum atomic E-state index is 12.6. The van der Waals surface area contributed by atoms with E-state index >= 15 is 0 Å². The van der Waals surface area contributed by atoms with Gasteiger partial charge in [0.15, 0.2) is 18.1 Å². The molecule has 1 aromatic heterocycles. The fourth-order valence-corrected chi connectivity index (χ4v) is 4.85. The second-order valence-electron chi connectivity index (χ2n) is 9.80. The van der Waals surface area contributed by atoms with Crippen molar-refractivity contribution in [2.45, 2.75) is 33.7 Å². The predicted octanol–water partition coefficient (Wildman–Crippen LogP) is 3.52. The van der Waals surface area contributed by atoms with Crippen molar-refractivity contribution in [3.05, 3.63) is 87.9 Å². The summed E-state index contributed by atoms with van der Waals surface area (Å²) in [5.74, 6) is -1.55. The number of carboxylic acids is 1. The maximum absolute atomic E-state index is 12.6. The smallest absolute Gasteiger partial charge is 0.338 e. The molecule has 4 N–H and O–H groups in total. The third-order valence-electron chi connectivity index (χ3n) is 6.86. The van der Waals surface area contributed by atoms with Gasteiger partial charge in [0.1, 0.15) is 0 Å². The SMILES string of the molecule is CCOC(=O)C1=C(C)NC(=O)N[C@@H]1c1ccc(OCC(=O)N/N=C\c2cc(C)n(-c3cccc(C(=O)O)c3)c2C)c(OC)c1. The molecule has 230 valence electrons.